The highest BCUT2D eigenvalue weighted by Gasteiger charge is 2.32. The summed E-state index contributed by atoms with van der Waals surface area (Å²) in [6.45, 7) is 0.509. The summed E-state index contributed by atoms with van der Waals surface area (Å²) in [5.74, 6) is -0.762. The van der Waals surface area contributed by atoms with Gasteiger partial charge in [-0.1, -0.05) is 79.2 Å². The van der Waals surface area contributed by atoms with E-state index in [2.05, 4.69) is 0 Å². The molecule has 0 aromatic heterocycles. The summed E-state index contributed by atoms with van der Waals surface area (Å²) >= 11 is 0. The van der Waals surface area contributed by atoms with Gasteiger partial charge >= 0.3 is 5.97 Å². The Balaban J connectivity index is 1.60. The van der Waals surface area contributed by atoms with E-state index in [0.29, 0.717) is 37.1 Å². The van der Waals surface area contributed by atoms with Gasteiger partial charge in [0.25, 0.3) is 0 Å². The number of carboxylic acid groups (broad SMARTS) is 1. The number of carboxylic acids is 1. The molecule has 1 fully saturated rings. The molecule has 3 aromatic rings. The van der Waals surface area contributed by atoms with Crippen molar-refractivity contribution in [2.24, 2.45) is 4.99 Å². The number of nitrogens with zero attached hydrogens (tertiary/aromatic N) is 1. The van der Waals surface area contributed by atoms with Crippen molar-refractivity contribution in [1.29, 1.82) is 0 Å². The van der Waals surface area contributed by atoms with Gasteiger partial charge in [-0.05, 0) is 47.1 Å². The highest BCUT2D eigenvalue weighted by atomic mass is 16.4. The van der Waals surface area contributed by atoms with Crippen LogP contribution >= 0.6 is 0 Å². The number of Topliss-reactive ketones (excluding diaryl/α,β-unsaturated/α-hetero) is 1. The standard InChI is InChI=1S/C30H31NO4/c32-27(19-23-14-9-13-22-12-6-7-15-25(22)23)30-26(31-17-8-2-5-16-29(34)35)18-24(20-28(30)33)21-10-3-1-4-11-21/h1,3-4,6-7,9-15,24,32H,2,5,8,16-20H2,(H,34,35)/b30-27+,31-26?. The lowest BCUT2D eigenvalue weighted by molar-refractivity contribution is -0.137. The molecule has 0 amide bonds. The summed E-state index contributed by atoms with van der Waals surface area (Å²) in [5, 5.41) is 22.2. The number of carbonyl (C=O) groups is 2. The Bertz CT molecular complexity index is 1250. The Morgan fingerprint density at radius 2 is 1.60 bits per heavy atom. The minimum Gasteiger partial charge on any atom is -0.511 e. The van der Waals surface area contributed by atoms with Gasteiger partial charge in [0.1, 0.15) is 5.76 Å². The number of aliphatic carboxylic acids is 1. The van der Waals surface area contributed by atoms with E-state index in [9.17, 15) is 14.7 Å². The zero-order valence-electron chi connectivity index (χ0n) is 19.8. The highest BCUT2D eigenvalue weighted by Crippen LogP contribution is 2.34. The predicted octanol–water partition coefficient (Wildman–Crippen LogP) is 6.43. The van der Waals surface area contributed by atoms with Crippen molar-refractivity contribution >= 4 is 28.2 Å². The molecule has 1 aliphatic rings. The van der Waals surface area contributed by atoms with E-state index < -0.39 is 5.97 Å². The lowest BCUT2D eigenvalue weighted by atomic mass is 9.78. The van der Waals surface area contributed by atoms with Gasteiger partial charge in [0, 0.05) is 31.5 Å². The Hall–Kier alpha value is -3.73. The molecule has 5 nitrogen and oxygen atoms in total. The van der Waals surface area contributed by atoms with Crippen LogP contribution in [0.5, 0.6) is 0 Å². The molecule has 0 spiro atoms. The number of carbonyl (C=O) groups excluding carboxylic acids is 1. The number of allylic oxidation sites excluding steroid dienone is 2. The lowest BCUT2D eigenvalue weighted by Crippen LogP contribution is -2.27. The molecular formula is C30H31NO4. The van der Waals surface area contributed by atoms with Crippen molar-refractivity contribution in [3.05, 3.63) is 95.3 Å². The van der Waals surface area contributed by atoms with Gasteiger partial charge in [-0.3, -0.25) is 14.6 Å². The topological polar surface area (TPSA) is 87.0 Å². The van der Waals surface area contributed by atoms with Crippen molar-refractivity contribution < 1.29 is 19.8 Å². The van der Waals surface area contributed by atoms with Crippen molar-refractivity contribution in [3.8, 4) is 0 Å². The number of hydrogen-bond donors (Lipinski definition) is 2. The summed E-state index contributed by atoms with van der Waals surface area (Å²) in [5.41, 5.74) is 3.09. The molecule has 1 saturated carbocycles. The van der Waals surface area contributed by atoms with Gasteiger partial charge in [-0.25, -0.2) is 0 Å². The number of benzene rings is 3. The monoisotopic (exact) mass is 469 g/mol. The fourth-order valence-corrected chi connectivity index (χ4v) is 4.82. The summed E-state index contributed by atoms with van der Waals surface area (Å²) < 4.78 is 0. The molecule has 3 aromatic carbocycles. The normalized spacial score (nSPS) is 18.7. The minimum absolute atomic E-state index is 0.0311. The zero-order chi connectivity index (χ0) is 24.6. The number of unbranched alkanes of at least 4 members (excludes halogenated alkanes) is 2. The number of aliphatic hydroxyl groups excluding tert-OH is 1. The van der Waals surface area contributed by atoms with Crippen LogP contribution in [0.4, 0.5) is 0 Å². The Morgan fingerprint density at radius 1 is 0.857 bits per heavy atom. The van der Waals surface area contributed by atoms with Crippen molar-refractivity contribution in [2.45, 2.75) is 50.9 Å². The summed E-state index contributed by atoms with van der Waals surface area (Å²) in [6, 6.07) is 24.0. The fourth-order valence-electron chi connectivity index (χ4n) is 4.82. The van der Waals surface area contributed by atoms with Crippen LogP contribution in [0.25, 0.3) is 10.8 Å². The summed E-state index contributed by atoms with van der Waals surface area (Å²) in [7, 11) is 0. The number of hydrogen-bond acceptors (Lipinski definition) is 4. The molecule has 0 aliphatic heterocycles. The first-order valence-electron chi connectivity index (χ1n) is 12.3. The molecule has 5 heteroatoms. The molecule has 2 N–H and O–H groups in total. The molecule has 4 rings (SSSR count). The molecule has 0 saturated heterocycles. The lowest BCUT2D eigenvalue weighted by Gasteiger charge is -2.26. The van der Waals surface area contributed by atoms with Crippen molar-refractivity contribution in [2.75, 3.05) is 6.54 Å². The third-order valence-corrected chi connectivity index (χ3v) is 6.59. The van der Waals surface area contributed by atoms with E-state index in [1.54, 1.807) is 0 Å². The maximum absolute atomic E-state index is 13.3. The maximum Gasteiger partial charge on any atom is 0.303 e. The van der Waals surface area contributed by atoms with Crippen molar-refractivity contribution in [3.63, 3.8) is 0 Å². The van der Waals surface area contributed by atoms with Crippen molar-refractivity contribution in [1.82, 2.24) is 0 Å². The molecule has 1 aliphatic carbocycles. The van der Waals surface area contributed by atoms with Gasteiger partial charge < -0.3 is 10.2 Å². The third-order valence-electron chi connectivity index (χ3n) is 6.59. The van der Waals surface area contributed by atoms with Gasteiger partial charge in [0.05, 0.1) is 5.57 Å². The van der Waals surface area contributed by atoms with Crippen LogP contribution in [0.15, 0.2) is 89.1 Å². The number of rotatable bonds is 9. The molecule has 0 heterocycles. The molecule has 180 valence electrons. The minimum atomic E-state index is -0.788. The molecular weight excluding hydrogens is 438 g/mol. The number of ketones is 1. The highest BCUT2D eigenvalue weighted by molar-refractivity contribution is 6.24. The third kappa shape index (κ3) is 6.24. The van der Waals surface area contributed by atoms with Gasteiger partial charge in [0.2, 0.25) is 0 Å². The first-order valence-corrected chi connectivity index (χ1v) is 12.3. The van der Waals surface area contributed by atoms with Crippen LogP contribution in [0.1, 0.15) is 55.6 Å². The van der Waals surface area contributed by atoms with Crippen LogP contribution in [-0.2, 0) is 16.0 Å². The quantitative estimate of drug-likeness (QED) is 0.215. The second kappa shape index (κ2) is 11.6. The maximum atomic E-state index is 13.3. The zero-order valence-corrected chi connectivity index (χ0v) is 19.8. The van der Waals surface area contributed by atoms with Crippen LogP contribution < -0.4 is 0 Å². The number of aliphatic hydroxyl groups is 1. The smallest absolute Gasteiger partial charge is 0.303 e. The predicted molar refractivity (Wildman–Crippen MR) is 139 cm³/mol. The summed E-state index contributed by atoms with van der Waals surface area (Å²) in [4.78, 5) is 28.8. The fraction of sp³-hybridized carbons (Fsp3) is 0.300. The van der Waals surface area contributed by atoms with Gasteiger partial charge in [-0.15, -0.1) is 0 Å². The molecule has 0 radical (unpaired) electrons. The average Bonchev–Trinajstić information content (AvgIpc) is 2.86. The Labute approximate surface area is 205 Å². The Morgan fingerprint density at radius 3 is 2.40 bits per heavy atom. The SMILES string of the molecule is O=C(O)CCCCCN=C1CC(c2ccccc2)CC(=O)/C1=C(/O)Cc1cccc2ccccc12. The second-order valence-corrected chi connectivity index (χ2v) is 9.11. The van der Waals surface area contributed by atoms with Gasteiger partial charge in [0.15, 0.2) is 5.78 Å². The van der Waals surface area contributed by atoms with E-state index >= 15 is 0 Å². The molecule has 1 atom stereocenters. The Kier molecular flexibility index (Phi) is 8.09. The van der Waals surface area contributed by atoms with E-state index in [0.717, 1.165) is 34.7 Å². The van der Waals surface area contributed by atoms with E-state index in [1.807, 2.05) is 72.8 Å². The molecule has 0 bridgehead atoms. The first-order chi connectivity index (χ1) is 17.0. The van der Waals surface area contributed by atoms with E-state index in [-0.39, 0.29) is 30.3 Å². The molecule has 35 heavy (non-hydrogen) atoms. The first kappa shape index (κ1) is 24.4. The van der Waals surface area contributed by atoms with Crippen LogP contribution in [0.3, 0.4) is 0 Å². The van der Waals surface area contributed by atoms with E-state index in [1.165, 1.54) is 0 Å². The van der Waals surface area contributed by atoms with Gasteiger partial charge in [-0.2, -0.15) is 0 Å². The van der Waals surface area contributed by atoms with Crippen LogP contribution in [0, 0.1) is 0 Å². The van der Waals surface area contributed by atoms with Crippen LogP contribution in [0.2, 0.25) is 0 Å². The number of fused-ring (bicyclic) bond motifs is 1. The average molecular weight is 470 g/mol. The number of aliphatic imine (C=N–C) groups is 1. The van der Waals surface area contributed by atoms with Crippen LogP contribution in [-0.4, -0.2) is 34.2 Å². The summed E-state index contributed by atoms with van der Waals surface area (Å²) in [6.07, 6.45) is 3.49. The second-order valence-electron chi connectivity index (χ2n) is 9.11. The largest absolute Gasteiger partial charge is 0.511 e. The van der Waals surface area contributed by atoms with E-state index in [4.69, 9.17) is 10.1 Å². The molecule has 1 unspecified atom stereocenters.